The first-order chi connectivity index (χ1) is 11.8. The summed E-state index contributed by atoms with van der Waals surface area (Å²) in [5.74, 6) is -0.466. The number of urea groups is 1. The van der Waals surface area contributed by atoms with Crippen molar-refractivity contribution >= 4 is 23.3 Å². The van der Waals surface area contributed by atoms with Crippen molar-refractivity contribution in [2.75, 3.05) is 17.2 Å². The summed E-state index contributed by atoms with van der Waals surface area (Å²) in [7, 11) is 0. The Balaban J connectivity index is 1.94. The lowest BCUT2D eigenvalue weighted by Gasteiger charge is -2.25. The van der Waals surface area contributed by atoms with Gasteiger partial charge in [-0.05, 0) is 35.9 Å². The molecule has 5 nitrogen and oxygen atoms in total. The van der Waals surface area contributed by atoms with Gasteiger partial charge in [-0.2, -0.15) is 0 Å². The van der Waals surface area contributed by atoms with Crippen molar-refractivity contribution in [2.45, 2.75) is 26.2 Å². The van der Waals surface area contributed by atoms with E-state index in [1.54, 1.807) is 36.4 Å². The highest BCUT2D eigenvalue weighted by atomic mass is 19.1. The zero-order valence-electron chi connectivity index (χ0n) is 14.5. The number of anilines is 2. The number of carbonyl (C=O) groups excluding carboxylic acids is 2. The molecule has 25 heavy (non-hydrogen) atoms. The van der Waals surface area contributed by atoms with Gasteiger partial charge >= 0.3 is 6.03 Å². The van der Waals surface area contributed by atoms with Crippen molar-refractivity contribution < 1.29 is 14.0 Å². The standard InChI is InChI=1S/C19H22FN3O2/c1-13(24)22-16-5-4-6-17(11-16)23-18(25)21-12-19(2,3)14-7-9-15(20)10-8-14/h4-11H,12H2,1-3H3,(H,22,24)(H2,21,23,25). The molecule has 0 aliphatic rings. The summed E-state index contributed by atoms with van der Waals surface area (Å²) in [4.78, 5) is 23.2. The molecule has 0 radical (unpaired) electrons. The van der Waals surface area contributed by atoms with Crippen LogP contribution in [0.15, 0.2) is 48.5 Å². The van der Waals surface area contributed by atoms with E-state index >= 15 is 0 Å². The van der Waals surface area contributed by atoms with E-state index in [4.69, 9.17) is 0 Å². The summed E-state index contributed by atoms with van der Waals surface area (Å²) in [6, 6.07) is 12.8. The number of halogens is 1. The van der Waals surface area contributed by atoms with Crippen LogP contribution >= 0.6 is 0 Å². The van der Waals surface area contributed by atoms with Crippen molar-refractivity contribution in [1.29, 1.82) is 0 Å². The van der Waals surface area contributed by atoms with Crippen LogP contribution in [0.25, 0.3) is 0 Å². The third-order valence-corrected chi connectivity index (χ3v) is 3.76. The Morgan fingerprint density at radius 2 is 1.60 bits per heavy atom. The smallest absolute Gasteiger partial charge is 0.319 e. The number of benzene rings is 2. The molecular weight excluding hydrogens is 321 g/mol. The van der Waals surface area contributed by atoms with Gasteiger partial charge in [-0.3, -0.25) is 4.79 Å². The molecule has 6 heteroatoms. The Morgan fingerprint density at radius 1 is 1.00 bits per heavy atom. The molecule has 0 fully saturated rings. The molecule has 0 unspecified atom stereocenters. The quantitative estimate of drug-likeness (QED) is 0.771. The van der Waals surface area contributed by atoms with Crippen molar-refractivity contribution in [1.82, 2.24) is 5.32 Å². The summed E-state index contributed by atoms with van der Waals surface area (Å²) < 4.78 is 13.0. The van der Waals surface area contributed by atoms with Crippen LogP contribution in [0.3, 0.4) is 0 Å². The zero-order chi connectivity index (χ0) is 18.4. The second kappa shape index (κ2) is 7.79. The van der Waals surface area contributed by atoms with E-state index in [1.165, 1.54) is 19.1 Å². The van der Waals surface area contributed by atoms with E-state index in [0.717, 1.165) is 5.56 Å². The second-order valence-electron chi connectivity index (χ2n) is 6.46. The van der Waals surface area contributed by atoms with Gasteiger partial charge in [0.2, 0.25) is 5.91 Å². The fourth-order valence-electron chi connectivity index (χ4n) is 2.36. The number of rotatable bonds is 5. The maximum Gasteiger partial charge on any atom is 0.319 e. The molecule has 0 aromatic heterocycles. The first-order valence-corrected chi connectivity index (χ1v) is 7.95. The van der Waals surface area contributed by atoms with Crippen LogP contribution in [-0.4, -0.2) is 18.5 Å². The number of hydrogen-bond donors (Lipinski definition) is 3. The minimum atomic E-state index is -0.352. The summed E-state index contributed by atoms with van der Waals surface area (Å²) in [5, 5.41) is 8.20. The lowest BCUT2D eigenvalue weighted by atomic mass is 9.84. The highest BCUT2D eigenvalue weighted by Gasteiger charge is 2.21. The van der Waals surface area contributed by atoms with Gasteiger partial charge in [-0.15, -0.1) is 0 Å². The predicted molar refractivity (Wildman–Crippen MR) is 97.2 cm³/mol. The number of nitrogens with one attached hydrogen (secondary N) is 3. The van der Waals surface area contributed by atoms with Crippen LogP contribution < -0.4 is 16.0 Å². The van der Waals surface area contributed by atoms with Gasteiger partial charge in [0.1, 0.15) is 5.82 Å². The van der Waals surface area contributed by atoms with E-state index in [0.29, 0.717) is 17.9 Å². The largest absolute Gasteiger partial charge is 0.337 e. The molecule has 2 aromatic carbocycles. The van der Waals surface area contributed by atoms with Gasteiger partial charge < -0.3 is 16.0 Å². The Bertz CT molecular complexity index is 758. The summed E-state index contributed by atoms with van der Waals surface area (Å²) in [6.45, 7) is 5.75. The average molecular weight is 343 g/mol. The summed E-state index contributed by atoms with van der Waals surface area (Å²) >= 11 is 0. The molecule has 2 rings (SSSR count). The van der Waals surface area contributed by atoms with Crippen LogP contribution in [0.2, 0.25) is 0 Å². The Labute approximate surface area is 146 Å². The molecule has 3 amide bonds. The highest BCUT2D eigenvalue weighted by molar-refractivity contribution is 5.92. The van der Waals surface area contributed by atoms with Crippen molar-refractivity contribution in [3.05, 3.63) is 59.9 Å². The molecule has 0 spiro atoms. The first kappa shape index (κ1) is 18.4. The van der Waals surface area contributed by atoms with E-state index in [1.807, 2.05) is 13.8 Å². The molecular formula is C19H22FN3O2. The molecule has 0 bridgehead atoms. The zero-order valence-corrected chi connectivity index (χ0v) is 14.5. The third-order valence-electron chi connectivity index (χ3n) is 3.76. The van der Waals surface area contributed by atoms with Gasteiger partial charge in [0, 0.05) is 30.3 Å². The monoisotopic (exact) mass is 343 g/mol. The van der Waals surface area contributed by atoms with Gasteiger partial charge in [0.25, 0.3) is 0 Å². The third kappa shape index (κ3) is 5.60. The number of hydrogen-bond acceptors (Lipinski definition) is 2. The normalized spacial score (nSPS) is 10.9. The fraction of sp³-hybridized carbons (Fsp3) is 0.263. The van der Waals surface area contributed by atoms with Crippen LogP contribution in [0.1, 0.15) is 26.3 Å². The highest BCUT2D eigenvalue weighted by Crippen LogP contribution is 2.22. The fourth-order valence-corrected chi connectivity index (χ4v) is 2.36. The summed E-state index contributed by atoms with van der Waals surface area (Å²) in [6.07, 6.45) is 0. The van der Waals surface area contributed by atoms with Crippen LogP contribution in [0.4, 0.5) is 20.6 Å². The lowest BCUT2D eigenvalue weighted by molar-refractivity contribution is -0.114. The van der Waals surface area contributed by atoms with Crippen molar-refractivity contribution in [2.24, 2.45) is 0 Å². The number of amides is 3. The van der Waals surface area contributed by atoms with Crippen LogP contribution in [0, 0.1) is 5.82 Å². The molecule has 0 saturated heterocycles. The Hall–Kier alpha value is -2.89. The minimum absolute atomic E-state index is 0.178. The van der Waals surface area contributed by atoms with Crippen LogP contribution in [-0.2, 0) is 10.2 Å². The molecule has 0 aliphatic carbocycles. The average Bonchev–Trinajstić information content (AvgIpc) is 2.53. The topological polar surface area (TPSA) is 70.2 Å². The molecule has 0 heterocycles. The van der Waals surface area contributed by atoms with Crippen molar-refractivity contribution in [3.8, 4) is 0 Å². The maximum atomic E-state index is 13.0. The molecule has 0 atom stereocenters. The molecule has 0 saturated carbocycles. The number of carbonyl (C=O) groups is 2. The van der Waals surface area contributed by atoms with E-state index < -0.39 is 0 Å². The van der Waals surface area contributed by atoms with Crippen LogP contribution in [0.5, 0.6) is 0 Å². The SMILES string of the molecule is CC(=O)Nc1cccc(NC(=O)NCC(C)(C)c2ccc(F)cc2)c1. The molecule has 2 aromatic rings. The van der Waals surface area contributed by atoms with Gasteiger partial charge in [0.05, 0.1) is 0 Å². The second-order valence-corrected chi connectivity index (χ2v) is 6.46. The van der Waals surface area contributed by atoms with E-state index in [9.17, 15) is 14.0 Å². The maximum absolute atomic E-state index is 13.0. The minimum Gasteiger partial charge on any atom is -0.337 e. The molecule has 132 valence electrons. The van der Waals surface area contributed by atoms with Gasteiger partial charge in [-0.25, -0.2) is 9.18 Å². The lowest BCUT2D eigenvalue weighted by Crippen LogP contribution is -2.39. The summed E-state index contributed by atoms with van der Waals surface area (Å²) in [5.41, 5.74) is 1.77. The Morgan fingerprint density at radius 3 is 2.20 bits per heavy atom. The molecule has 0 aliphatic heterocycles. The van der Waals surface area contributed by atoms with E-state index in [2.05, 4.69) is 16.0 Å². The van der Waals surface area contributed by atoms with Gasteiger partial charge in [-0.1, -0.05) is 32.0 Å². The molecule has 3 N–H and O–H groups in total. The first-order valence-electron chi connectivity index (χ1n) is 7.95. The predicted octanol–water partition coefficient (Wildman–Crippen LogP) is 3.88. The van der Waals surface area contributed by atoms with Gasteiger partial charge in [0.15, 0.2) is 0 Å². The van der Waals surface area contributed by atoms with Crippen molar-refractivity contribution in [3.63, 3.8) is 0 Å². The Kier molecular flexibility index (Phi) is 5.75. The van der Waals surface area contributed by atoms with E-state index in [-0.39, 0.29) is 23.2 Å².